The molecule has 2 heterocycles. The van der Waals surface area contributed by atoms with Crippen molar-refractivity contribution >= 4 is 33.7 Å². The molecule has 0 saturated carbocycles. The Morgan fingerprint density at radius 3 is 2.12 bits per heavy atom. The van der Waals surface area contributed by atoms with Gasteiger partial charge in [-0.05, 0) is 0 Å². The van der Waals surface area contributed by atoms with E-state index < -0.39 is 18.4 Å². The standard InChI is InChI=1S/C8H8N5.3C4H9.Sn/c1-13-6-7(5-11-13)12-8-9-3-2-4-10-8;3*1-3-4-2;/h2-3,5-6H,1H3,(H,9,10,12);3*1,3-4H2,2H3;. The Morgan fingerprint density at radius 2 is 1.62 bits per heavy atom. The summed E-state index contributed by atoms with van der Waals surface area (Å²) in [5.41, 5.74) is 0.945. The summed E-state index contributed by atoms with van der Waals surface area (Å²) in [4.78, 5) is 9.52. The van der Waals surface area contributed by atoms with Crippen LogP contribution in [0.15, 0.2) is 24.7 Å². The van der Waals surface area contributed by atoms with Gasteiger partial charge in [0.2, 0.25) is 0 Å². The number of anilines is 2. The Kier molecular flexibility index (Phi) is 8.88. The number of unbranched alkanes of at least 4 members (excludes halogenated alkanes) is 3. The molecule has 26 heavy (non-hydrogen) atoms. The molecule has 0 aliphatic heterocycles. The van der Waals surface area contributed by atoms with Crippen LogP contribution in [0, 0.1) is 0 Å². The van der Waals surface area contributed by atoms with Gasteiger partial charge >= 0.3 is 163 Å². The molecular formula is C20H35N5Sn. The summed E-state index contributed by atoms with van der Waals surface area (Å²) in [5, 5.41) is 7.55. The predicted octanol–water partition coefficient (Wildman–Crippen LogP) is 5.01. The fourth-order valence-corrected chi connectivity index (χ4v) is 19.0. The molecule has 0 bridgehead atoms. The monoisotopic (exact) mass is 465 g/mol. The molecule has 0 atom stereocenters. The van der Waals surface area contributed by atoms with Gasteiger partial charge in [-0.1, -0.05) is 0 Å². The van der Waals surface area contributed by atoms with E-state index in [4.69, 9.17) is 4.98 Å². The van der Waals surface area contributed by atoms with Crippen LogP contribution >= 0.6 is 0 Å². The maximum absolute atomic E-state index is 5.04. The zero-order valence-electron chi connectivity index (χ0n) is 17.0. The van der Waals surface area contributed by atoms with Gasteiger partial charge in [-0.25, -0.2) is 0 Å². The first kappa shape index (κ1) is 21.2. The molecule has 0 aliphatic rings. The van der Waals surface area contributed by atoms with E-state index in [-0.39, 0.29) is 0 Å². The van der Waals surface area contributed by atoms with E-state index in [0.717, 1.165) is 11.6 Å². The van der Waals surface area contributed by atoms with Crippen molar-refractivity contribution in [3.05, 3.63) is 24.7 Å². The van der Waals surface area contributed by atoms with Crippen molar-refractivity contribution in [2.45, 2.75) is 72.6 Å². The molecule has 2 aromatic heterocycles. The fraction of sp³-hybridized carbons (Fsp3) is 0.650. The van der Waals surface area contributed by atoms with Crippen molar-refractivity contribution in [2.24, 2.45) is 7.05 Å². The molecular weight excluding hydrogens is 429 g/mol. The van der Waals surface area contributed by atoms with Gasteiger partial charge in [0.25, 0.3) is 0 Å². The van der Waals surface area contributed by atoms with Crippen LogP contribution in [-0.2, 0) is 7.05 Å². The summed E-state index contributed by atoms with van der Waals surface area (Å²) in [5.74, 6) is 0.723. The van der Waals surface area contributed by atoms with Gasteiger partial charge in [-0.3, -0.25) is 0 Å². The number of nitrogens with zero attached hydrogens (tertiary/aromatic N) is 4. The van der Waals surface area contributed by atoms with Gasteiger partial charge in [0.1, 0.15) is 0 Å². The van der Waals surface area contributed by atoms with E-state index in [1.54, 1.807) is 4.68 Å². The second-order valence-electron chi connectivity index (χ2n) is 7.38. The van der Waals surface area contributed by atoms with Crippen molar-refractivity contribution in [1.82, 2.24) is 19.7 Å². The summed E-state index contributed by atoms with van der Waals surface area (Å²) < 4.78 is 7.48. The Labute approximate surface area is 162 Å². The van der Waals surface area contributed by atoms with E-state index in [0.29, 0.717) is 0 Å². The number of hydrogen-bond donors (Lipinski definition) is 1. The average Bonchev–Trinajstić information content (AvgIpc) is 3.06. The number of nitrogens with one attached hydrogen (secondary N) is 1. The summed E-state index contributed by atoms with van der Waals surface area (Å²) in [6.07, 6.45) is 13.6. The SMILES string of the molecule is CCC[CH2][Sn]([CH2]CCC)([CH2]CCC)[c]1ccnc(Nc2cnn(C)c2)n1. The van der Waals surface area contributed by atoms with Crippen LogP contribution < -0.4 is 9.03 Å². The van der Waals surface area contributed by atoms with Crippen molar-refractivity contribution in [3.63, 3.8) is 0 Å². The van der Waals surface area contributed by atoms with Crippen LogP contribution in [-0.4, -0.2) is 38.1 Å². The minimum atomic E-state index is -2.49. The molecule has 144 valence electrons. The molecule has 0 aromatic carbocycles. The molecule has 2 rings (SSSR count). The number of hydrogen-bond acceptors (Lipinski definition) is 4. The first-order valence-electron chi connectivity index (χ1n) is 10.2. The quantitative estimate of drug-likeness (QED) is 0.449. The molecule has 0 saturated heterocycles. The van der Waals surface area contributed by atoms with Crippen molar-refractivity contribution < 1.29 is 0 Å². The Morgan fingerprint density at radius 1 is 1.00 bits per heavy atom. The molecule has 6 heteroatoms. The van der Waals surface area contributed by atoms with Gasteiger partial charge in [0, 0.05) is 0 Å². The van der Waals surface area contributed by atoms with E-state index in [1.807, 2.05) is 25.6 Å². The van der Waals surface area contributed by atoms with Crippen molar-refractivity contribution in [3.8, 4) is 0 Å². The fourth-order valence-electron chi connectivity index (χ4n) is 3.63. The minimum absolute atomic E-state index is 0.723. The first-order valence-corrected chi connectivity index (χ1v) is 17.7. The Balaban J connectivity index is 2.30. The third-order valence-electron chi connectivity index (χ3n) is 5.19. The second-order valence-corrected chi connectivity index (χ2v) is 20.4. The molecule has 0 aliphatic carbocycles. The Bertz CT molecular complexity index is 633. The van der Waals surface area contributed by atoms with E-state index >= 15 is 0 Å². The third-order valence-corrected chi connectivity index (χ3v) is 20.3. The number of aryl methyl sites for hydroxylation is 1. The van der Waals surface area contributed by atoms with Crippen LogP contribution in [0.3, 0.4) is 0 Å². The second kappa shape index (κ2) is 10.9. The summed E-state index contributed by atoms with van der Waals surface area (Å²) in [6.45, 7) is 6.93. The summed E-state index contributed by atoms with van der Waals surface area (Å²) in [6, 6.07) is 2.23. The van der Waals surface area contributed by atoms with Gasteiger partial charge in [0.15, 0.2) is 0 Å². The van der Waals surface area contributed by atoms with Crippen LogP contribution in [0.1, 0.15) is 59.3 Å². The first-order chi connectivity index (χ1) is 12.6. The van der Waals surface area contributed by atoms with E-state index in [9.17, 15) is 0 Å². The third kappa shape index (κ3) is 5.96. The van der Waals surface area contributed by atoms with E-state index in [1.165, 1.54) is 55.5 Å². The molecule has 0 amide bonds. The number of aromatic nitrogens is 4. The topological polar surface area (TPSA) is 55.6 Å². The molecule has 2 aromatic rings. The van der Waals surface area contributed by atoms with Crippen LogP contribution in [0.4, 0.5) is 11.6 Å². The van der Waals surface area contributed by atoms with Gasteiger partial charge < -0.3 is 0 Å². The number of rotatable bonds is 12. The summed E-state index contributed by atoms with van der Waals surface area (Å²) >= 11 is -2.49. The van der Waals surface area contributed by atoms with Crippen LogP contribution in [0.25, 0.3) is 0 Å². The van der Waals surface area contributed by atoms with Crippen LogP contribution in [0.2, 0.25) is 13.3 Å². The van der Waals surface area contributed by atoms with Gasteiger partial charge in [-0.2, -0.15) is 0 Å². The van der Waals surface area contributed by atoms with Gasteiger partial charge in [0.05, 0.1) is 0 Å². The summed E-state index contributed by atoms with van der Waals surface area (Å²) in [7, 11) is 1.92. The maximum atomic E-state index is 5.04. The Hall–Kier alpha value is -1.11. The molecule has 5 nitrogen and oxygen atoms in total. The molecule has 0 fully saturated rings. The van der Waals surface area contributed by atoms with E-state index in [2.05, 4.69) is 42.2 Å². The van der Waals surface area contributed by atoms with Crippen LogP contribution in [0.5, 0.6) is 0 Å². The molecule has 1 N–H and O–H groups in total. The molecule has 0 spiro atoms. The zero-order valence-corrected chi connectivity index (χ0v) is 19.8. The molecule has 0 radical (unpaired) electrons. The van der Waals surface area contributed by atoms with Gasteiger partial charge in [-0.15, -0.1) is 0 Å². The van der Waals surface area contributed by atoms with Crippen molar-refractivity contribution in [1.29, 1.82) is 0 Å². The zero-order chi connectivity index (χ0) is 18.8. The predicted molar refractivity (Wildman–Crippen MR) is 113 cm³/mol. The van der Waals surface area contributed by atoms with Crippen molar-refractivity contribution in [2.75, 3.05) is 5.32 Å². The average molecular weight is 464 g/mol. The molecule has 0 unspecified atom stereocenters. The normalized spacial score (nSPS) is 11.7.